The monoisotopic (exact) mass is 759 g/mol. The summed E-state index contributed by atoms with van der Waals surface area (Å²) in [5.41, 5.74) is 3.40. The molecule has 4 atom stereocenters. The number of likely N-dealkylation sites (tertiary alicyclic amines) is 1. The Hall–Kier alpha value is -4.39. The van der Waals surface area contributed by atoms with Gasteiger partial charge in [0.05, 0.1) is 53.5 Å². The average Bonchev–Trinajstić information content (AvgIpc) is 3.62. The Morgan fingerprint density at radius 2 is 1.58 bits per heavy atom. The number of nitrogens with zero attached hydrogens (tertiary/aromatic N) is 1. The van der Waals surface area contributed by atoms with Gasteiger partial charge in [0.2, 0.25) is 5.91 Å². The minimum atomic E-state index is -0.987. The molecule has 14 heteroatoms. The molecule has 0 bridgehead atoms. The van der Waals surface area contributed by atoms with E-state index in [9.17, 15) is 29.1 Å². The third-order valence-corrected chi connectivity index (χ3v) is 9.57. The summed E-state index contributed by atoms with van der Waals surface area (Å²) in [7, 11) is 1.29. The molecule has 0 spiro atoms. The number of carbonyl (C=O) groups is 5. The van der Waals surface area contributed by atoms with E-state index in [4.69, 9.17) is 37.4 Å². The van der Waals surface area contributed by atoms with Crippen molar-refractivity contribution in [3.63, 3.8) is 0 Å². The van der Waals surface area contributed by atoms with Gasteiger partial charge in [-0.15, -0.1) is 0 Å². The smallest absolute Gasteiger partial charge is 0.336 e. The molecule has 0 radical (unpaired) electrons. The molecule has 3 N–H and O–H groups in total. The van der Waals surface area contributed by atoms with Crippen LogP contribution in [0.5, 0.6) is 0 Å². The first-order chi connectivity index (χ1) is 24.8. The number of dihydropyridines is 1. The van der Waals surface area contributed by atoms with Crippen LogP contribution in [-0.4, -0.2) is 84.8 Å². The van der Waals surface area contributed by atoms with E-state index in [1.807, 2.05) is 30.3 Å². The van der Waals surface area contributed by atoms with E-state index >= 15 is 0 Å². The van der Waals surface area contributed by atoms with Crippen LogP contribution < -0.4 is 10.6 Å². The van der Waals surface area contributed by atoms with Crippen molar-refractivity contribution in [2.45, 2.75) is 84.3 Å². The normalized spacial score (nSPS) is 18.0. The van der Waals surface area contributed by atoms with Crippen LogP contribution in [0.2, 0.25) is 10.0 Å². The predicted molar refractivity (Wildman–Crippen MR) is 197 cm³/mol. The van der Waals surface area contributed by atoms with E-state index in [-0.39, 0.29) is 24.1 Å². The molecular formula is C38H47Cl2N3O9. The largest absolute Gasteiger partial charge is 0.480 e. The molecule has 1 fully saturated rings. The van der Waals surface area contributed by atoms with E-state index in [1.165, 1.54) is 12.0 Å². The number of rotatable bonds is 13. The summed E-state index contributed by atoms with van der Waals surface area (Å²) in [4.78, 5) is 62.7. The maximum absolute atomic E-state index is 12.7. The van der Waals surface area contributed by atoms with Gasteiger partial charge in [-0.2, -0.15) is 0 Å². The summed E-state index contributed by atoms with van der Waals surface area (Å²) >= 11 is 12.5. The number of carbonyl (C=O) groups excluding carboxylic acids is 4. The van der Waals surface area contributed by atoms with Crippen LogP contribution >= 0.6 is 23.2 Å². The Balaban J connectivity index is 0.000000281. The number of amides is 1. The highest BCUT2D eigenvalue weighted by atomic mass is 35.5. The quantitative estimate of drug-likeness (QED) is 0.173. The molecule has 52 heavy (non-hydrogen) atoms. The van der Waals surface area contributed by atoms with Gasteiger partial charge in [-0.3, -0.25) is 14.9 Å². The van der Waals surface area contributed by atoms with Gasteiger partial charge < -0.3 is 29.5 Å². The van der Waals surface area contributed by atoms with E-state index in [0.29, 0.717) is 65.4 Å². The Bertz CT molecular complexity index is 1680. The van der Waals surface area contributed by atoms with Crippen molar-refractivity contribution in [2.24, 2.45) is 0 Å². The van der Waals surface area contributed by atoms with Crippen LogP contribution in [0.25, 0.3) is 0 Å². The van der Waals surface area contributed by atoms with Crippen LogP contribution in [0, 0.1) is 0 Å². The fourth-order valence-electron chi connectivity index (χ4n) is 6.29. The van der Waals surface area contributed by atoms with Crippen molar-refractivity contribution in [1.82, 2.24) is 15.5 Å². The number of nitrogens with one attached hydrogen (secondary N) is 2. The first-order valence-electron chi connectivity index (χ1n) is 17.1. The molecular weight excluding hydrogens is 713 g/mol. The molecule has 2 aliphatic heterocycles. The lowest BCUT2D eigenvalue weighted by atomic mass is 9.80. The summed E-state index contributed by atoms with van der Waals surface area (Å²) in [5.74, 6) is -3.50. The summed E-state index contributed by atoms with van der Waals surface area (Å²) in [6, 6.07) is 12.8. The number of hydrogen-bond acceptors (Lipinski definition) is 10. The second kappa shape index (κ2) is 20.0. The number of carboxylic acid groups (broad SMARTS) is 1. The molecule has 1 amide bonds. The van der Waals surface area contributed by atoms with Crippen LogP contribution in [0.3, 0.4) is 0 Å². The maximum Gasteiger partial charge on any atom is 0.336 e. The number of ether oxygens (including phenoxy) is 3. The van der Waals surface area contributed by atoms with Crippen LogP contribution in [-0.2, 0) is 44.6 Å². The molecule has 0 saturated carbocycles. The van der Waals surface area contributed by atoms with Gasteiger partial charge in [0, 0.05) is 17.9 Å². The number of hydrogen-bond donors (Lipinski definition) is 3. The third-order valence-electron chi connectivity index (χ3n) is 8.73. The van der Waals surface area contributed by atoms with E-state index in [1.54, 1.807) is 52.8 Å². The number of carboxylic acids is 1. The van der Waals surface area contributed by atoms with Crippen LogP contribution in [0.15, 0.2) is 71.1 Å². The molecule has 0 aromatic heterocycles. The molecule has 4 rings (SSSR count). The Labute approximate surface area is 314 Å². The van der Waals surface area contributed by atoms with E-state index in [2.05, 4.69) is 10.6 Å². The van der Waals surface area contributed by atoms with Gasteiger partial charge in [-0.1, -0.05) is 65.7 Å². The SMILES string of the molecule is CCOC(=O)C1=C(C)NC(C)=C(C(=O)OC)C1c1cccc(Cl)c1Cl.CCOC(=O)[C@H](CCc1ccccc1)N[C@@H](C)C(=O)N1CCC[C@H]1C(=O)O. The standard InChI is InChI=1S/C20H28N2O5.C18H19Cl2NO4/c1-3-27-20(26)16(12-11-15-8-5-4-6-9-15)21-14(2)18(23)22-13-7-10-17(22)19(24)25;1-5-25-18(23)14-10(3)21-9(2)13(17(22)24-4)15(14)11-7-6-8-12(19)16(11)20/h4-6,8-9,14,16-17,21H,3,7,10-13H2,1-2H3,(H,24,25);6-8,15,21H,5H2,1-4H3/t14-,16-,17-;/m0./s1. The summed E-state index contributed by atoms with van der Waals surface area (Å²) < 4.78 is 15.2. The van der Waals surface area contributed by atoms with Crippen molar-refractivity contribution >= 4 is 53.0 Å². The highest BCUT2D eigenvalue weighted by molar-refractivity contribution is 6.42. The molecule has 282 valence electrons. The van der Waals surface area contributed by atoms with Gasteiger partial charge in [0.25, 0.3) is 0 Å². The summed E-state index contributed by atoms with van der Waals surface area (Å²) in [6.07, 6.45) is 2.29. The number of esters is 3. The van der Waals surface area contributed by atoms with Gasteiger partial charge in [0.1, 0.15) is 12.1 Å². The lowest BCUT2D eigenvalue weighted by Gasteiger charge is -2.30. The van der Waals surface area contributed by atoms with Crippen LogP contribution in [0.4, 0.5) is 0 Å². The van der Waals surface area contributed by atoms with Crippen molar-refractivity contribution in [1.29, 1.82) is 0 Å². The zero-order valence-electron chi connectivity index (χ0n) is 30.3. The third kappa shape index (κ3) is 10.6. The fourth-order valence-corrected chi connectivity index (χ4v) is 6.70. The van der Waals surface area contributed by atoms with E-state index in [0.717, 1.165) is 5.56 Å². The number of aryl methyl sites for hydroxylation is 1. The van der Waals surface area contributed by atoms with Crippen LogP contribution in [0.1, 0.15) is 70.9 Å². The molecule has 1 unspecified atom stereocenters. The second-order valence-corrected chi connectivity index (χ2v) is 13.0. The van der Waals surface area contributed by atoms with Gasteiger partial charge >= 0.3 is 23.9 Å². The molecule has 0 aliphatic carbocycles. The Morgan fingerprint density at radius 3 is 2.17 bits per heavy atom. The van der Waals surface area contributed by atoms with Crippen molar-refractivity contribution in [3.05, 3.63) is 92.2 Å². The lowest BCUT2D eigenvalue weighted by molar-refractivity contribution is -0.150. The van der Waals surface area contributed by atoms with E-state index < -0.39 is 47.9 Å². The zero-order valence-corrected chi connectivity index (χ0v) is 31.8. The first kappa shape index (κ1) is 42.0. The number of allylic oxidation sites excluding steroid dienone is 2. The average molecular weight is 761 g/mol. The lowest BCUT2D eigenvalue weighted by Crippen LogP contribution is -2.53. The molecule has 2 heterocycles. The van der Waals surface area contributed by atoms with Crippen molar-refractivity contribution in [3.8, 4) is 0 Å². The van der Waals surface area contributed by atoms with Crippen molar-refractivity contribution < 1.29 is 43.3 Å². The topological polar surface area (TPSA) is 161 Å². The second-order valence-electron chi connectivity index (χ2n) is 12.2. The molecule has 2 aliphatic rings. The minimum absolute atomic E-state index is 0.210. The number of benzene rings is 2. The fraction of sp³-hybridized carbons (Fsp3) is 0.447. The zero-order chi connectivity index (χ0) is 38.5. The summed E-state index contributed by atoms with van der Waals surface area (Å²) in [6.45, 7) is 9.50. The highest BCUT2D eigenvalue weighted by Crippen LogP contribution is 2.43. The number of methoxy groups -OCH3 is 1. The minimum Gasteiger partial charge on any atom is -0.480 e. The summed E-state index contributed by atoms with van der Waals surface area (Å²) in [5, 5.41) is 16.0. The number of aliphatic carboxylic acids is 1. The highest BCUT2D eigenvalue weighted by Gasteiger charge is 2.39. The molecule has 2 aromatic carbocycles. The Kier molecular flexibility index (Phi) is 16.2. The number of halogens is 2. The van der Waals surface area contributed by atoms with Gasteiger partial charge in [0.15, 0.2) is 0 Å². The Morgan fingerprint density at radius 1 is 0.942 bits per heavy atom. The van der Waals surface area contributed by atoms with Gasteiger partial charge in [-0.25, -0.2) is 14.4 Å². The molecule has 12 nitrogen and oxygen atoms in total. The van der Waals surface area contributed by atoms with Crippen molar-refractivity contribution in [2.75, 3.05) is 26.9 Å². The maximum atomic E-state index is 12.7. The predicted octanol–water partition coefficient (Wildman–Crippen LogP) is 5.57. The molecule has 2 aromatic rings. The molecule has 1 saturated heterocycles. The first-order valence-corrected chi connectivity index (χ1v) is 17.9. The van der Waals surface area contributed by atoms with Gasteiger partial charge in [-0.05, 0) is 77.5 Å².